The molecule has 0 radical (unpaired) electrons. The van der Waals surface area contributed by atoms with Gasteiger partial charge in [0, 0.05) is 29.5 Å². The molecular formula is C48H55N3O4S. The quantitative estimate of drug-likeness (QED) is 0.0503. The molecule has 2 heterocycles. The molecule has 6 aromatic rings. The molecule has 0 aliphatic heterocycles. The molecule has 0 amide bonds. The van der Waals surface area contributed by atoms with Crippen LogP contribution in [0, 0.1) is 0 Å². The Hall–Kier alpha value is -5.21. The normalized spacial score (nSPS) is 11.1. The predicted octanol–water partition coefficient (Wildman–Crippen LogP) is 13.8. The number of thiophene rings is 1. The third-order valence-electron chi connectivity index (χ3n) is 10.0. The van der Waals surface area contributed by atoms with Crippen LogP contribution in [0.3, 0.4) is 0 Å². The number of aromatic nitrogens is 2. The third-order valence-corrected chi connectivity index (χ3v) is 11.3. The second-order valence-corrected chi connectivity index (χ2v) is 15.2. The van der Waals surface area contributed by atoms with E-state index in [9.17, 15) is 4.79 Å². The Kier molecular flexibility index (Phi) is 15.3. The first kappa shape index (κ1) is 40.5. The van der Waals surface area contributed by atoms with Crippen LogP contribution in [0.15, 0.2) is 109 Å². The number of hydrogen-bond acceptors (Lipinski definition) is 8. The first-order valence-electron chi connectivity index (χ1n) is 20.4. The van der Waals surface area contributed by atoms with E-state index < -0.39 is 0 Å². The molecule has 8 heteroatoms. The van der Waals surface area contributed by atoms with Gasteiger partial charge in [0.1, 0.15) is 22.5 Å². The van der Waals surface area contributed by atoms with Crippen molar-refractivity contribution in [2.45, 2.75) is 90.9 Å². The molecule has 292 valence electrons. The van der Waals surface area contributed by atoms with Crippen LogP contribution in [-0.2, 0) is 4.74 Å². The molecule has 0 spiro atoms. The summed E-state index contributed by atoms with van der Waals surface area (Å²) in [6, 6.07) is 32.9. The van der Waals surface area contributed by atoms with E-state index in [4.69, 9.17) is 24.2 Å². The number of methoxy groups -OCH3 is 1. The highest BCUT2D eigenvalue weighted by atomic mass is 32.1. The van der Waals surface area contributed by atoms with E-state index >= 15 is 0 Å². The molecule has 0 saturated carbocycles. The summed E-state index contributed by atoms with van der Waals surface area (Å²) in [6.45, 7) is 5.97. The molecule has 0 aliphatic rings. The maximum Gasteiger partial charge on any atom is 0.337 e. The fraction of sp³-hybridized carbons (Fsp3) is 0.354. The van der Waals surface area contributed by atoms with Crippen molar-refractivity contribution in [2.24, 2.45) is 0 Å². The lowest BCUT2D eigenvalue weighted by Gasteiger charge is -2.26. The molecule has 0 N–H and O–H groups in total. The van der Waals surface area contributed by atoms with Gasteiger partial charge in [0.15, 0.2) is 0 Å². The number of fused-ring (bicyclic) bond motifs is 1. The van der Waals surface area contributed by atoms with Gasteiger partial charge in [-0.2, -0.15) is 0 Å². The van der Waals surface area contributed by atoms with Crippen LogP contribution in [0.4, 0.5) is 17.1 Å². The highest BCUT2D eigenvalue weighted by Gasteiger charge is 2.19. The number of esters is 1. The van der Waals surface area contributed by atoms with Crippen LogP contribution in [0.25, 0.3) is 31.9 Å². The number of anilines is 3. The van der Waals surface area contributed by atoms with Crippen molar-refractivity contribution in [1.29, 1.82) is 0 Å². The summed E-state index contributed by atoms with van der Waals surface area (Å²) < 4.78 is 17.2. The van der Waals surface area contributed by atoms with Gasteiger partial charge in [-0.25, -0.2) is 4.79 Å². The highest BCUT2D eigenvalue weighted by Crippen LogP contribution is 2.43. The molecule has 0 bridgehead atoms. The fourth-order valence-corrected chi connectivity index (χ4v) is 8.08. The topological polar surface area (TPSA) is 73.8 Å². The first-order valence-corrected chi connectivity index (χ1v) is 21.2. The van der Waals surface area contributed by atoms with Crippen LogP contribution in [0.5, 0.6) is 11.5 Å². The van der Waals surface area contributed by atoms with Crippen molar-refractivity contribution in [1.82, 2.24) is 9.97 Å². The summed E-state index contributed by atoms with van der Waals surface area (Å²) in [7, 11) is 1.39. The third kappa shape index (κ3) is 10.8. The van der Waals surface area contributed by atoms with Gasteiger partial charge in [0.05, 0.1) is 35.6 Å². The minimum absolute atomic E-state index is 0.359. The molecule has 0 fully saturated rings. The molecule has 56 heavy (non-hydrogen) atoms. The van der Waals surface area contributed by atoms with Gasteiger partial charge in [-0.1, -0.05) is 102 Å². The average Bonchev–Trinajstić information content (AvgIpc) is 3.64. The lowest BCUT2D eigenvalue weighted by molar-refractivity contribution is 0.0600. The van der Waals surface area contributed by atoms with Crippen LogP contribution in [-0.4, -0.2) is 36.3 Å². The van der Waals surface area contributed by atoms with Gasteiger partial charge < -0.3 is 19.1 Å². The van der Waals surface area contributed by atoms with E-state index in [1.54, 1.807) is 35.9 Å². The van der Waals surface area contributed by atoms with Crippen molar-refractivity contribution < 1.29 is 19.0 Å². The molecular weight excluding hydrogens is 715 g/mol. The standard InChI is InChI=1S/C48H55N3O4S/c1-4-6-8-10-12-14-34-54-42-28-24-40(25-29-42)51(41-26-30-43(31-27-41)55-35-15-13-11-9-7-5-2)39-22-20-37(21-23-39)47-45-44(49-32-33-50-45)46(56-47)36-16-18-38(19-17-36)48(52)53-3/h16-33H,4-15,34-35H2,1-3H3. The van der Waals surface area contributed by atoms with Gasteiger partial charge in [0.25, 0.3) is 0 Å². The van der Waals surface area contributed by atoms with Gasteiger partial charge in [-0.3, -0.25) is 9.97 Å². The summed E-state index contributed by atoms with van der Waals surface area (Å²) >= 11 is 1.65. The summed E-state index contributed by atoms with van der Waals surface area (Å²) in [4.78, 5) is 25.8. The molecule has 0 aliphatic carbocycles. The first-order chi connectivity index (χ1) is 27.6. The molecule has 2 aromatic heterocycles. The molecule has 0 unspecified atom stereocenters. The molecule has 0 saturated heterocycles. The number of unbranched alkanes of at least 4 members (excludes halogenated alkanes) is 10. The second kappa shape index (κ2) is 21.2. The SMILES string of the molecule is CCCCCCCCOc1ccc(N(c2ccc(OCCCCCCCC)cc2)c2ccc(-c3sc(-c4ccc(C(=O)OC)cc4)c4nccnc34)cc2)cc1. The van der Waals surface area contributed by atoms with E-state index in [-0.39, 0.29) is 5.97 Å². The zero-order valence-corrected chi connectivity index (χ0v) is 34.0. The Bertz CT molecular complexity index is 2020. The Morgan fingerprint density at radius 1 is 0.536 bits per heavy atom. The van der Waals surface area contributed by atoms with E-state index in [1.165, 1.54) is 71.3 Å². The van der Waals surface area contributed by atoms with Crippen molar-refractivity contribution >= 4 is 45.4 Å². The number of carbonyl (C=O) groups excluding carboxylic acids is 1. The van der Waals surface area contributed by atoms with E-state index in [1.807, 2.05) is 12.1 Å². The highest BCUT2D eigenvalue weighted by molar-refractivity contribution is 7.20. The van der Waals surface area contributed by atoms with Crippen LogP contribution in [0.2, 0.25) is 0 Å². The number of carbonyl (C=O) groups is 1. The van der Waals surface area contributed by atoms with Crippen molar-refractivity contribution in [3.05, 3.63) is 115 Å². The summed E-state index contributed by atoms with van der Waals surface area (Å²) in [6.07, 6.45) is 18.3. The Labute approximate surface area is 336 Å². The summed E-state index contributed by atoms with van der Waals surface area (Å²) in [5.41, 5.74) is 7.32. The number of benzene rings is 4. The Balaban J connectivity index is 1.23. The lowest BCUT2D eigenvalue weighted by atomic mass is 10.1. The second-order valence-electron chi connectivity index (χ2n) is 14.2. The minimum atomic E-state index is -0.359. The van der Waals surface area contributed by atoms with Gasteiger partial charge >= 0.3 is 5.97 Å². The number of nitrogens with zero attached hydrogens (tertiary/aromatic N) is 3. The van der Waals surface area contributed by atoms with E-state index in [2.05, 4.69) is 91.5 Å². The van der Waals surface area contributed by atoms with Gasteiger partial charge in [0.2, 0.25) is 0 Å². The van der Waals surface area contributed by atoms with Crippen molar-refractivity contribution in [3.63, 3.8) is 0 Å². The minimum Gasteiger partial charge on any atom is -0.494 e. The fourth-order valence-electron chi connectivity index (χ4n) is 6.87. The van der Waals surface area contributed by atoms with E-state index in [0.29, 0.717) is 5.56 Å². The smallest absolute Gasteiger partial charge is 0.337 e. The molecule has 6 rings (SSSR count). The predicted molar refractivity (Wildman–Crippen MR) is 232 cm³/mol. The maximum absolute atomic E-state index is 12.1. The van der Waals surface area contributed by atoms with E-state index in [0.717, 1.165) is 86.5 Å². The molecule has 0 atom stereocenters. The number of rotatable bonds is 22. The number of hydrogen-bond donors (Lipinski definition) is 0. The van der Waals surface area contributed by atoms with Gasteiger partial charge in [-0.15, -0.1) is 11.3 Å². The monoisotopic (exact) mass is 769 g/mol. The summed E-state index contributed by atoms with van der Waals surface area (Å²) in [5.74, 6) is 1.41. The van der Waals surface area contributed by atoms with Crippen LogP contribution in [0.1, 0.15) is 101 Å². The lowest BCUT2D eigenvalue weighted by Crippen LogP contribution is -2.10. The zero-order valence-electron chi connectivity index (χ0n) is 33.2. The van der Waals surface area contributed by atoms with Crippen LogP contribution < -0.4 is 14.4 Å². The average molecular weight is 770 g/mol. The molecule has 7 nitrogen and oxygen atoms in total. The Morgan fingerprint density at radius 2 is 0.929 bits per heavy atom. The largest absolute Gasteiger partial charge is 0.494 e. The Morgan fingerprint density at radius 3 is 1.36 bits per heavy atom. The van der Waals surface area contributed by atoms with Crippen molar-refractivity contribution in [2.75, 3.05) is 25.2 Å². The van der Waals surface area contributed by atoms with Crippen molar-refractivity contribution in [3.8, 4) is 32.4 Å². The van der Waals surface area contributed by atoms with Crippen LogP contribution >= 0.6 is 11.3 Å². The maximum atomic E-state index is 12.1. The summed E-state index contributed by atoms with van der Waals surface area (Å²) in [5, 5.41) is 0. The van der Waals surface area contributed by atoms with Gasteiger partial charge in [-0.05, 0) is 96.8 Å². The zero-order chi connectivity index (χ0) is 39.0. The molecule has 4 aromatic carbocycles. The number of ether oxygens (including phenoxy) is 3.